The van der Waals surface area contributed by atoms with E-state index in [0.717, 1.165) is 16.3 Å². The van der Waals surface area contributed by atoms with Crippen molar-refractivity contribution in [3.63, 3.8) is 0 Å². The van der Waals surface area contributed by atoms with Gasteiger partial charge in [-0.05, 0) is 22.9 Å². The van der Waals surface area contributed by atoms with E-state index in [1.165, 1.54) is 17.4 Å². The maximum atomic E-state index is 12.6. The molecule has 0 saturated heterocycles. The lowest BCUT2D eigenvalue weighted by Gasteiger charge is -2.06. The van der Waals surface area contributed by atoms with Crippen molar-refractivity contribution in [2.75, 3.05) is 11.1 Å². The van der Waals surface area contributed by atoms with Crippen LogP contribution in [0.3, 0.4) is 0 Å². The molecule has 140 valence electrons. The molecule has 0 fully saturated rings. The molecule has 1 aromatic heterocycles. The van der Waals surface area contributed by atoms with Gasteiger partial charge in [-0.25, -0.2) is 8.42 Å². The van der Waals surface area contributed by atoms with Crippen LogP contribution in [0.4, 0.5) is 5.13 Å². The summed E-state index contributed by atoms with van der Waals surface area (Å²) in [5.74, 6) is -1.31. The SMILES string of the molecule is O=C(CS(=O)(=O)c1ccc2ccccc2c1)Nc1nnc(-c2ccccc2)s1. The molecule has 28 heavy (non-hydrogen) atoms. The summed E-state index contributed by atoms with van der Waals surface area (Å²) in [7, 11) is -3.77. The van der Waals surface area contributed by atoms with Gasteiger partial charge in [0.2, 0.25) is 11.0 Å². The van der Waals surface area contributed by atoms with Gasteiger partial charge in [0.25, 0.3) is 0 Å². The second-order valence-electron chi connectivity index (χ2n) is 6.09. The average Bonchev–Trinajstić information content (AvgIpc) is 3.16. The molecule has 1 amide bonds. The number of hydrogen-bond donors (Lipinski definition) is 1. The largest absolute Gasteiger partial charge is 0.300 e. The molecule has 4 rings (SSSR count). The van der Waals surface area contributed by atoms with Crippen LogP contribution in [0.15, 0.2) is 77.7 Å². The van der Waals surface area contributed by atoms with Crippen LogP contribution >= 0.6 is 11.3 Å². The highest BCUT2D eigenvalue weighted by atomic mass is 32.2. The second-order valence-corrected chi connectivity index (χ2v) is 9.06. The molecule has 6 nitrogen and oxygen atoms in total. The van der Waals surface area contributed by atoms with Crippen LogP contribution in [-0.2, 0) is 14.6 Å². The monoisotopic (exact) mass is 409 g/mol. The first-order chi connectivity index (χ1) is 13.5. The number of rotatable bonds is 5. The van der Waals surface area contributed by atoms with Crippen molar-refractivity contribution in [1.29, 1.82) is 0 Å². The van der Waals surface area contributed by atoms with E-state index in [2.05, 4.69) is 15.5 Å². The molecule has 0 bridgehead atoms. The maximum absolute atomic E-state index is 12.6. The van der Waals surface area contributed by atoms with Crippen LogP contribution < -0.4 is 5.32 Å². The van der Waals surface area contributed by atoms with E-state index in [-0.39, 0.29) is 10.0 Å². The number of aromatic nitrogens is 2. The Labute approximate surface area is 165 Å². The van der Waals surface area contributed by atoms with Gasteiger partial charge in [-0.2, -0.15) is 0 Å². The van der Waals surface area contributed by atoms with Crippen LogP contribution in [0.1, 0.15) is 0 Å². The minimum Gasteiger partial charge on any atom is -0.300 e. The lowest BCUT2D eigenvalue weighted by atomic mass is 10.1. The van der Waals surface area contributed by atoms with Crippen LogP contribution in [0, 0.1) is 0 Å². The van der Waals surface area contributed by atoms with Gasteiger partial charge in [0, 0.05) is 5.56 Å². The van der Waals surface area contributed by atoms with Crippen molar-refractivity contribution in [2.45, 2.75) is 4.90 Å². The lowest BCUT2D eigenvalue weighted by Crippen LogP contribution is -2.23. The minimum absolute atomic E-state index is 0.114. The summed E-state index contributed by atoms with van der Waals surface area (Å²) in [5.41, 5.74) is 0.879. The van der Waals surface area contributed by atoms with Crippen molar-refractivity contribution in [3.8, 4) is 10.6 Å². The number of carbonyl (C=O) groups excluding carboxylic acids is 1. The molecule has 0 radical (unpaired) electrons. The normalized spacial score (nSPS) is 11.4. The number of nitrogens with one attached hydrogen (secondary N) is 1. The van der Waals surface area contributed by atoms with E-state index in [1.807, 2.05) is 54.6 Å². The molecule has 0 saturated carbocycles. The van der Waals surface area contributed by atoms with Gasteiger partial charge in [-0.15, -0.1) is 10.2 Å². The lowest BCUT2D eigenvalue weighted by molar-refractivity contribution is -0.113. The first-order valence-corrected chi connectivity index (χ1v) is 10.9. The van der Waals surface area contributed by atoms with Crippen molar-refractivity contribution in [3.05, 3.63) is 72.8 Å². The number of nitrogens with zero attached hydrogens (tertiary/aromatic N) is 2. The van der Waals surface area contributed by atoms with E-state index in [4.69, 9.17) is 0 Å². The fraction of sp³-hybridized carbons (Fsp3) is 0.0500. The zero-order valence-corrected chi connectivity index (χ0v) is 16.2. The Morgan fingerprint density at radius 3 is 2.39 bits per heavy atom. The third-order valence-corrected chi connectivity index (χ3v) is 6.60. The van der Waals surface area contributed by atoms with Gasteiger partial charge in [0.05, 0.1) is 4.90 Å². The Kier molecular flexibility index (Phi) is 4.89. The first kappa shape index (κ1) is 18.3. The molecule has 4 aromatic rings. The van der Waals surface area contributed by atoms with Crippen LogP contribution in [0.2, 0.25) is 0 Å². The number of anilines is 1. The van der Waals surface area contributed by atoms with Gasteiger partial charge in [0.15, 0.2) is 9.84 Å². The number of amides is 1. The van der Waals surface area contributed by atoms with Crippen LogP contribution in [0.5, 0.6) is 0 Å². The Bertz CT molecular complexity index is 1250. The number of sulfone groups is 1. The van der Waals surface area contributed by atoms with E-state index >= 15 is 0 Å². The van der Waals surface area contributed by atoms with Gasteiger partial charge >= 0.3 is 0 Å². The highest BCUT2D eigenvalue weighted by Gasteiger charge is 2.21. The third kappa shape index (κ3) is 3.92. The maximum Gasteiger partial charge on any atom is 0.241 e. The Hall–Kier alpha value is -3.10. The van der Waals surface area contributed by atoms with Crippen molar-refractivity contribution in [2.24, 2.45) is 0 Å². The predicted octanol–water partition coefficient (Wildman–Crippen LogP) is 3.77. The molecule has 1 heterocycles. The van der Waals surface area contributed by atoms with E-state index in [0.29, 0.717) is 5.01 Å². The van der Waals surface area contributed by atoms with E-state index < -0.39 is 21.5 Å². The molecule has 0 aliphatic carbocycles. The summed E-state index contributed by atoms with van der Waals surface area (Å²) >= 11 is 1.19. The average molecular weight is 409 g/mol. The zero-order valence-electron chi connectivity index (χ0n) is 14.6. The molecule has 0 unspecified atom stereocenters. The van der Waals surface area contributed by atoms with E-state index in [9.17, 15) is 13.2 Å². The number of hydrogen-bond acceptors (Lipinski definition) is 6. The van der Waals surface area contributed by atoms with Gasteiger partial charge < -0.3 is 0 Å². The predicted molar refractivity (Wildman–Crippen MR) is 110 cm³/mol. The first-order valence-electron chi connectivity index (χ1n) is 8.42. The third-order valence-electron chi connectivity index (χ3n) is 4.09. The van der Waals surface area contributed by atoms with E-state index in [1.54, 1.807) is 12.1 Å². The molecule has 0 atom stereocenters. The summed E-state index contributed by atoms with van der Waals surface area (Å²) in [6, 6.07) is 21.7. The summed E-state index contributed by atoms with van der Waals surface area (Å²) in [6.07, 6.45) is 0. The van der Waals surface area contributed by atoms with Crippen molar-refractivity contribution < 1.29 is 13.2 Å². The molecule has 8 heteroatoms. The smallest absolute Gasteiger partial charge is 0.241 e. The molecule has 0 aliphatic rings. The molecule has 3 aromatic carbocycles. The Morgan fingerprint density at radius 1 is 0.893 bits per heavy atom. The number of carbonyl (C=O) groups is 1. The molecule has 0 spiro atoms. The fourth-order valence-electron chi connectivity index (χ4n) is 2.74. The molecular weight excluding hydrogens is 394 g/mol. The summed E-state index contributed by atoms with van der Waals surface area (Å²) < 4.78 is 25.2. The summed E-state index contributed by atoms with van der Waals surface area (Å²) in [6.45, 7) is 0. The highest BCUT2D eigenvalue weighted by molar-refractivity contribution is 7.92. The van der Waals surface area contributed by atoms with Gasteiger partial charge in [0.1, 0.15) is 10.8 Å². The van der Waals surface area contributed by atoms with Crippen molar-refractivity contribution >= 4 is 43.0 Å². The Morgan fingerprint density at radius 2 is 1.61 bits per heavy atom. The van der Waals surface area contributed by atoms with Crippen LogP contribution in [0.25, 0.3) is 21.3 Å². The number of benzene rings is 3. The fourth-order valence-corrected chi connectivity index (χ4v) is 4.67. The topological polar surface area (TPSA) is 89.0 Å². The van der Waals surface area contributed by atoms with Gasteiger partial charge in [-0.3, -0.25) is 10.1 Å². The second kappa shape index (κ2) is 7.49. The minimum atomic E-state index is -3.77. The van der Waals surface area contributed by atoms with Crippen molar-refractivity contribution in [1.82, 2.24) is 10.2 Å². The molecular formula is C20H15N3O3S2. The number of fused-ring (bicyclic) bond motifs is 1. The molecule has 0 aliphatic heterocycles. The van der Waals surface area contributed by atoms with Crippen LogP contribution in [-0.4, -0.2) is 30.3 Å². The standard InChI is InChI=1S/C20H15N3O3S2/c24-18(21-20-23-22-19(27-20)15-7-2-1-3-8-15)13-28(25,26)17-11-10-14-6-4-5-9-16(14)12-17/h1-12H,13H2,(H,21,23,24). The molecule has 1 N–H and O–H groups in total. The highest BCUT2D eigenvalue weighted by Crippen LogP contribution is 2.26. The Balaban J connectivity index is 1.49. The summed E-state index contributed by atoms with van der Waals surface area (Å²) in [5, 5.41) is 13.1. The zero-order chi connectivity index (χ0) is 19.6. The summed E-state index contributed by atoms with van der Waals surface area (Å²) in [4.78, 5) is 12.4. The van der Waals surface area contributed by atoms with Gasteiger partial charge in [-0.1, -0.05) is 72.0 Å². The quantitative estimate of drug-likeness (QED) is 0.542.